The summed E-state index contributed by atoms with van der Waals surface area (Å²) in [6.45, 7) is 0.0434. The summed E-state index contributed by atoms with van der Waals surface area (Å²) in [5.41, 5.74) is -0.712. The van der Waals surface area contributed by atoms with Gasteiger partial charge in [0.05, 0.1) is 18.2 Å². The van der Waals surface area contributed by atoms with Gasteiger partial charge in [0.2, 0.25) is 0 Å². The summed E-state index contributed by atoms with van der Waals surface area (Å²) in [5, 5.41) is 0. The Morgan fingerprint density at radius 1 is 0.882 bits per heavy atom. The highest BCUT2D eigenvalue weighted by Crippen LogP contribution is 2.40. The zero-order valence-corrected chi connectivity index (χ0v) is 18.8. The molecule has 0 fully saturated rings. The molecule has 0 radical (unpaired) electrons. The summed E-state index contributed by atoms with van der Waals surface area (Å²) >= 11 is 0. The molecule has 0 aliphatic carbocycles. The number of amides is 3. The van der Waals surface area contributed by atoms with Crippen LogP contribution in [0.4, 0.5) is 23.7 Å². The zero-order valence-electron chi connectivity index (χ0n) is 18.8. The first-order valence-electron chi connectivity index (χ1n) is 10.2. The Bertz CT molecular complexity index is 1150. The van der Waals surface area contributed by atoms with E-state index in [1.54, 1.807) is 54.6 Å². The molecule has 0 saturated heterocycles. The van der Waals surface area contributed by atoms with Crippen LogP contribution in [0.25, 0.3) is 0 Å². The highest BCUT2D eigenvalue weighted by Gasteiger charge is 2.38. The van der Waals surface area contributed by atoms with Crippen molar-refractivity contribution < 1.29 is 32.2 Å². The Morgan fingerprint density at radius 3 is 2.03 bits per heavy atom. The molecule has 0 spiro atoms. The first-order chi connectivity index (χ1) is 16.1. The summed E-state index contributed by atoms with van der Waals surface area (Å²) in [6.07, 6.45) is -4.87. The van der Waals surface area contributed by atoms with E-state index in [2.05, 4.69) is 0 Å². The molecule has 0 aromatic heterocycles. The van der Waals surface area contributed by atoms with Gasteiger partial charge in [-0.1, -0.05) is 48.5 Å². The molecular weight excluding hydrogens is 449 g/mol. The van der Waals surface area contributed by atoms with Crippen molar-refractivity contribution in [3.05, 3.63) is 89.5 Å². The molecule has 3 amide bonds. The van der Waals surface area contributed by atoms with Crippen molar-refractivity contribution in [1.82, 2.24) is 4.90 Å². The van der Waals surface area contributed by atoms with E-state index >= 15 is 0 Å². The monoisotopic (exact) mass is 472 g/mol. The number of urea groups is 1. The van der Waals surface area contributed by atoms with Gasteiger partial charge in [0.25, 0.3) is 5.91 Å². The van der Waals surface area contributed by atoms with Gasteiger partial charge < -0.3 is 9.47 Å². The quantitative estimate of drug-likeness (QED) is 0.467. The van der Waals surface area contributed by atoms with Crippen molar-refractivity contribution in [3.63, 3.8) is 0 Å². The lowest BCUT2D eigenvalue weighted by atomic mass is 10.0. The van der Waals surface area contributed by atoms with E-state index in [0.717, 1.165) is 18.7 Å². The Hall–Kier alpha value is -4.01. The summed E-state index contributed by atoms with van der Waals surface area (Å²) in [4.78, 5) is 27.7. The van der Waals surface area contributed by atoms with E-state index in [1.807, 2.05) is 6.07 Å². The SMILES string of the molecule is COc1cc(C(F)(F)F)c(C(=O)N(C)C(=O)N(C)c2ccccc2)cc1OCc1ccccc1. The molecule has 34 heavy (non-hydrogen) atoms. The number of carbonyl (C=O) groups excluding carboxylic acids is 2. The Kier molecular flexibility index (Phi) is 7.45. The molecule has 6 nitrogen and oxygen atoms in total. The molecule has 178 valence electrons. The molecule has 0 N–H and O–H groups in total. The first-order valence-corrected chi connectivity index (χ1v) is 10.2. The number of imide groups is 1. The summed E-state index contributed by atoms with van der Waals surface area (Å²) in [5.74, 6) is -1.37. The molecule has 0 aliphatic heterocycles. The summed E-state index contributed by atoms with van der Waals surface area (Å²) < 4.78 is 52.3. The first kappa shape index (κ1) is 24.6. The third-order valence-electron chi connectivity index (χ3n) is 5.10. The van der Waals surface area contributed by atoms with Crippen LogP contribution in [0.1, 0.15) is 21.5 Å². The van der Waals surface area contributed by atoms with Crippen LogP contribution in [0, 0.1) is 0 Å². The molecule has 0 unspecified atom stereocenters. The van der Waals surface area contributed by atoms with Crippen molar-refractivity contribution in [2.24, 2.45) is 0 Å². The van der Waals surface area contributed by atoms with E-state index in [9.17, 15) is 22.8 Å². The lowest BCUT2D eigenvalue weighted by Crippen LogP contribution is -2.42. The fourth-order valence-corrected chi connectivity index (χ4v) is 3.23. The maximum atomic E-state index is 13.8. The van der Waals surface area contributed by atoms with Crippen LogP contribution in [0.2, 0.25) is 0 Å². The fourth-order valence-electron chi connectivity index (χ4n) is 3.23. The molecule has 3 rings (SSSR count). The average Bonchev–Trinajstić information content (AvgIpc) is 2.85. The van der Waals surface area contributed by atoms with Crippen molar-refractivity contribution in [1.29, 1.82) is 0 Å². The summed E-state index contributed by atoms with van der Waals surface area (Å²) in [7, 11) is 3.75. The third kappa shape index (κ3) is 5.48. The minimum absolute atomic E-state index is 0.0434. The number of alkyl halides is 3. The molecule has 0 bridgehead atoms. The van der Waals surface area contributed by atoms with Crippen LogP contribution < -0.4 is 14.4 Å². The van der Waals surface area contributed by atoms with E-state index in [1.165, 1.54) is 19.1 Å². The normalized spacial score (nSPS) is 11.0. The minimum atomic E-state index is -4.87. The predicted octanol–water partition coefficient (Wildman–Crippen LogP) is 5.62. The number of nitrogens with zero attached hydrogens (tertiary/aromatic N) is 2. The van der Waals surface area contributed by atoms with Crippen molar-refractivity contribution >= 4 is 17.6 Å². The van der Waals surface area contributed by atoms with Gasteiger partial charge in [-0.15, -0.1) is 0 Å². The molecule has 0 atom stereocenters. The predicted molar refractivity (Wildman–Crippen MR) is 121 cm³/mol. The fraction of sp³-hybridized carbons (Fsp3) is 0.200. The van der Waals surface area contributed by atoms with Gasteiger partial charge in [0.1, 0.15) is 6.61 Å². The van der Waals surface area contributed by atoms with E-state index in [0.29, 0.717) is 16.7 Å². The van der Waals surface area contributed by atoms with Crippen LogP contribution in [0.3, 0.4) is 0 Å². The highest BCUT2D eigenvalue weighted by atomic mass is 19.4. The van der Waals surface area contributed by atoms with Crippen LogP contribution >= 0.6 is 0 Å². The Balaban J connectivity index is 1.96. The van der Waals surface area contributed by atoms with Crippen molar-refractivity contribution in [2.45, 2.75) is 12.8 Å². The number of ether oxygens (including phenoxy) is 2. The van der Waals surface area contributed by atoms with Gasteiger partial charge in [0, 0.05) is 19.8 Å². The zero-order chi connectivity index (χ0) is 24.9. The molecular formula is C25H23F3N2O4. The number of rotatable bonds is 6. The van der Waals surface area contributed by atoms with E-state index in [-0.39, 0.29) is 18.1 Å². The summed E-state index contributed by atoms with van der Waals surface area (Å²) in [6, 6.07) is 18.3. The van der Waals surface area contributed by atoms with E-state index in [4.69, 9.17) is 9.47 Å². The van der Waals surface area contributed by atoms with Gasteiger partial charge >= 0.3 is 12.2 Å². The molecule has 3 aromatic rings. The van der Waals surface area contributed by atoms with Gasteiger partial charge in [-0.25, -0.2) is 4.79 Å². The standard InChI is InChI=1S/C25H23F3N2O4/c1-29(18-12-8-5-9-13-18)24(32)30(2)23(31)19-14-22(34-16-17-10-6-4-7-11-17)21(33-3)15-20(19)25(26,27)28/h4-15H,16H2,1-3H3. The van der Waals surface area contributed by atoms with Crippen LogP contribution in [-0.4, -0.2) is 38.0 Å². The number of methoxy groups -OCH3 is 1. The lowest BCUT2D eigenvalue weighted by Gasteiger charge is -2.25. The largest absolute Gasteiger partial charge is 0.493 e. The second-order valence-corrected chi connectivity index (χ2v) is 7.36. The van der Waals surface area contributed by atoms with Crippen LogP contribution in [-0.2, 0) is 12.8 Å². The highest BCUT2D eigenvalue weighted by molar-refractivity contribution is 6.09. The number of anilines is 1. The number of benzene rings is 3. The second-order valence-electron chi connectivity index (χ2n) is 7.36. The minimum Gasteiger partial charge on any atom is -0.493 e. The number of hydrogen-bond acceptors (Lipinski definition) is 4. The molecule has 0 saturated carbocycles. The van der Waals surface area contributed by atoms with Crippen molar-refractivity contribution in [3.8, 4) is 11.5 Å². The average molecular weight is 472 g/mol. The number of hydrogen-bond donors (Lipinski definition) is 0. The van der Waals surface area contributed by atoms with Crippen molar-refractivity contribution in [2.75, 3.05) is 26.1 Å². The third-order valence-corrected chi connectivity index (χ3v) is 5.10. The smallest absolute Gasteiger partial charge is 0.417 e. The molecule has 0 aliphatic rings. The number of halogens is 3. The van der Waals surface area contributed by atoms with Gasteiger partial charge in [-0.3, -0.25) is 14.6 Å². The van der Waals surface area contributed by atoms with Gasteiger partial charge in [-0.05, 0) is 29.8 Å². The van der Waals surface area contributed by atoms with Gasteiger partial charge in [0.15, 0.2) is 11.5 Å². The molecule has 0 heterocycles. The lowest BCUT2D eigenvalue weighted by molar-refractivity contribution is -0.138. The molecule has 3 aromatic carbocycles. The van der Waals surface area contributed by atoms with Crippen LogP contribution in [0.5, 0.6) is 11.5 Å². The van der Waals surface area contributed by atoms with Crippen LogP contribution in [0.15, 0.2) is 72.8 Å². The molecule has 9 heteroatoms. The van der Waals surface area contributed by atoms with Gasteiger partial charge in [-0.2, -0.15) is 13.2 Å². The number of carbonyl (C=O) groups is 2. The maximum Gasteiger partial charge on any atom is 0.417 e. The Labute approximate surface area is 195 Å². The number of para-hydroxylation sites is 1. The van der Waals surface area contributed by atoms with E-state index < -0.39 is 29.2 Å². The maximum absolute atomic E-state index is 13.8. The Morgan fingerprint density at radius 2 is 1.47 bits per heavy atom. The topological polar surface area (TPSA) is 59.1 Å². The second kappa shape index (κ2) is 10.3.